The summed E-state index contributed by atoms with van der Waals surface area (Å²) in [6.07, 6.45) is 1.12. The van der Waals surface area contributed by atoms with Gasteiger partial charge in [0.25, 0.3) is 0 Å². The fraction of sp³-hybridized carbons (Fsp3) is 0.538. The lowest BCUT2D eigenvalue weighted by atomic mass is 10.2. The molecule has 0 aliphatic rings. The summed E-state index contributed by atoms with van der Waals surface area (Å²) in [6, 6.07) is 5.69. The van der Waals surface area contributed by atoms with Crippen molar-refractivity contribution in [1.82, 2.24) is 10.6 Å². The number of rotatable bonds is 8. The lowest BCUT2D eigenvalue weighted by Gasteiger charge is -2.10. The molecule has 0 aliphatic carbocycles. The van der Waals surface area contributed by atoms with Crippen LogP contribution in [0.5, 0.6) is 5.75 Å². The van der Waals surface area contributed by atoms with E-state index in [1.54, 1.807) is 7.11 Å². The van der Waals surface area contributed by atoms with E-state index in [0.717, 1.165) is 48.9 Å². The third-order valence-electron chi connectivity index (χ3n) is 2.52. The summed E-state index contributed by atoms with van der Waals surface area (Å²) in [7, 11) is 1.68. The molecule has 0 unspecified atom stereocenters. The number of nitrogens with one attached hydrogen (secondary N) is 2. The zero-order chi connectivity index (χ0) is 12.5. The van der Waals surface area contributed by atoms with Crippen molar-refractivity contribution in [3.63, 3.8) is 0 Å². The van der Waals surface area contributed by atoms with E-state index >= 15 is 0 Å². The fourth-order valence-electron chi connectivity index (χ4n) is 1.62. The number of hydrogen-bond acceptors (Lipinski definition) is 3. The molecule has 1 rings (SSSR count). The monoisotopic (exact) mass is 256 g/mol. The van der Waals surface area contributed by atoms with Gasteiger partial charge in [0.1, 0.15) is 5.75 Å². The second-order valence-corrected chi connectivity index (χ2v) is 4.28. The van der Waals surface area contributed by atoms with E-state index < -0.39 is 0 Å². The van der Waals surface area contributed by atoms with E-state index in [2.05, 4.69) is 17.6 Å². The number of halogens is 1. The fourth-order valence-corrected chi connectivity index (χ4v) is 1.82. The highest BCUT2D eigenvalue weighted by Crippen LogP contribution is 2.22. The summed E-state index contributed by atoms with van der Waals surface area (Å²) in [5.41, 5.74) is 1.10. The maximum absolute atomic E-state index is 5.96. The molecule has 17 heavy (non-hydrogen) atoms. The highest BCUT2D eigenvalue weighted by atomic mass is 35.5. The molecule has 0 aromatic heterocycles. The summed E-state index contributed by atoms with van der Waals surface area (Å²) in [4.78, 5) is 0. The van der Waals surface area contributed by atoms with Crippen LogP contribution in [0.4, 0.5) is 0 Å². The SMILES string of the molecule is CCNCCCNCc1cc(Cl)ccc1OC. The van der Waals surface area contributed by atoms with Gasteiger partial charge in [-0.1, -0.05) is 18.5 Å². The molecule has 0 saturated carbocycles. The van der Waals surface area contributed by atoms with Crippen molar-refractivity contribution in [3.8, 4) is 5.75 Å². The lowest BCUT2D eigenvalue weighted by Crippen LogP contribution is -2.21. The molecule has 1 aromatic carbocycles. The van der Waals surface area contributed by atoms with Crippen LogP contribution in [0.3, 0.4) is 0 Å². The molecule has 1 aromatic rings. The predicted octanol–water partition coefficient (Wildman–Crippen LogP) is 2.44. The minimum atomic E-state index is 0.746. The van der Waals surface area contributed by atoms with Crippen LogP contribution in [0, 0.1) is 0 Å². The largest absolute Gasteiger partial charge is 0.496 e. The van der Waals surface area contributed by atoms with E-state index in [9.17, 15) is 0 Å². The molecule has 0 radical (unpaired) electrons. The predicted molar refractivity (Wildman–Crippen MR) is 72.9 cm³/mol. The summed E-state index contributed by atoms with van der Waals surface area (Å²) < 4.78 is 5.28. The summed E-state index contributed by atoms with van der Waals surface area (Å²) in [6.45, 7) is 5.97. The van der Waals surface area contributed by atoms with Gasteiger partial charge in [-0.25, -0.2) is 0 Å². The van der Waals surface area contributed by atoms with Crippen LogP contribution >= 0.6 is 11.6 Å². The van der Waals surface area contributed by atoms with Gasteiger partial charge in [-0.3, -0.25) is 0 Å². The Balaban J connectivity index is 2.32. The van der Waals surface area contributed by atoms with Crippen molar-refractivity contribution in [2.24, 2.45) is 0 Å². The van der Waals surface area contributed by atoms with Crippen molar-refractivity contribution in [3.05, 3.63) is 28.8 Å². The summed E-state index contributed by atoms with van der Waals surface area (Å²) in [5, 5.41) is 7.42. The molecule has 0 fully saturated rings. The normalized spacial score (nSPS) is 10.5. The van der Waals surface area contributed by atoms with Crippen molar-refractivity contribution in [2.75, 3.05) is 26.7 Å². The Hall–Kier alpha value is -0.770. The van der Waals surface area contributed by atoms with Crippen LogP contribution < -0.4 is 15.4 Å². The van der Waals surface area contributed by atoms with E-state index in [0.29, 0.717) is 0 Å². The smallest absolute Gasteiger partial charge is 0.123 e. The molecule has 4 heteroatoms. The average molecular weight is 257 g/mol. The van der Waals surface area contributed by atoms with Gasteiger partial charge < -0.3 is 15.4 Å². The van der Waals surface area contributed by atoms with Crippen LogP contribution in [-0.2, 0) is 6.54 Å². The highest BCUT2D eigenvalue weighted by molar-refractivity contribution is 6.30. The molecule has 96 valence electrons. The molecule has 0 atom stereocenters. The van der Waals surface area contributed by atoms with E-state index in [1.807, 2.05) is 18.2 Å². The van der Waals surface area contributed by atoms with E-state index in [-0.39, 0.29) is 0 Å². The van der Waals surface area contributed by atoms with Gasteiger partial charge in [0.2, 0.25) is 0 Å². The number of benzene rings is 1. The first-order chi connectivity index (χ1) is 8.27. The van der Waals surface area contributed by atoms with Crippen LogP contribution in [0.2, 0.25) is 5.02 Å². The number of methoxy groups -OCH3 is 1. The van der Waals surface area contributed by atoms with Crippen LogP contribution in [0.15, 0.2) is 18.2 Å². The number of ether oxygens (including phenoxy) is 1. The Morgan fingerprint density at radius 1 is 1.24 bits per heavy atom. The Kier molecular flexibility index (Phi) is 7.01. The molecule has 0 saturated heterocycles. The molecule has 3 nitrogen and oxygen atoms in total. The van der Waals surface area contributed by atoms with Gasteiger partial charge in [0.15, 0.2) is 0 Å². The van der Waals surface area contributed by atoms with E-state index in [4.69, 9.17) is 16.3 Å². The standard InChI is InChI=1S/C13H21ClN2O/c1-3-15-7-4-8-16-10-11-9-12(14)5-6-13(11)17-2/h5-6,9,15-16H,3-4,7-8,10H2,1-2H3. The Bertz CT molecular complexity index is 331. The van der Waals surface area contributed by atoms with Gasteiger partial charge in [0, 0.05) is 17.1 Å². The van der Waals surface area contributed by atoms with Gasteiger partial charge in [-0.05, 0) is 44.3 Å². The molecule has 2 N–H and O–H groups in total. The number of hydrogen-bond donors (Lipinski definition) is 2. The molecule has 0 aliphatic heterocycles. The molecular formula is C13H21ClN2O. The molecule has 0 spiro atoms. The van der Waals surface area contributed by atoms with Gasteiger partial charge in [-0.15, -0.1) is 0 Å². The quantitative estimate of drug-likeness (QED) is 0.701. The van der Waals surface area contributed by atoms with Crippen molar-refractivity contribution in [1.29, 1.82) is 0 Å². The summed E-state index contributed by atoms with van der Waals surface area (Å²) >= 11 is 5.96. The van der Waals surface area contributed by atoms with Crippen LogP contribution in [0.25, 0.3) is 0 Å². The Labute approximate surface area is 109 Å². The van der Waals surface area contributed by atoms with Gasteiger partial charge in [-0.2, -0.15) is 0 Å². The van der Waals surface area contributed by atoms with Gasteiger partial charge >= 0.3 is 0 Å². The van der Waals surface area contributed by atoms with Crippen molar-refractivity contribution >= 4 is 11.6 Å². The van der Waals surface area contributed by atoms with Gasteiger partial charge in [0.05, 0.1) is 7.11 Å². The zero-order valence-corrected chi connectivity index (χ0v) is 11.3. The molecule has 0 heterocycles. The van der Waals surface area contributed by atoms with Crippen LogP contribution in [-0.4, -0.2) is 26.7 Å². The third kappa shape index (κ3) is 5.39. The minimum absolute atomic E-state index is 0.746. The average Bonchev–Trinajstić information content (AvgIpc) is 2.34. The topological polar surface area (TPSA) is 33.3 Å². The van der Waals surface area contributed by atoms with Crippen molar-refractivity contribution in [2.45, 2.75) is 19.9 Å². The Morgan fingerprint density at radius 2 is 2.00 bits per heavy atom. The molecular weight excluding hydrogens is 236 g/mol. The first kappa shape index (κ1) is 14.3. The van der Waals surface area contributed by atoms with Crippen molar-refractivity contribution < 1.29 is 4.74 Å². The maximum atomic E-state index is 5.96. The zero-order valence-electron chi connectivity index (χ0n) is 10.6. The molecule has 0 amide bonds. The maximum Gasteiger partial charge on any atom is 0.123 e. The second kappa shape index (κ2) is 8.34. The van der Waals surface area contributed by atoms with Crippen LogP contribution in [0.1, 0.15) is 18.9 Å². The lowest BCUT2D eigenvalue weighted by molar-refractivity contribution is 0.407. The first-order valence-corrected chi connectivity index (χ1v) is 6.39. The molecule has 0 bridgehead atoms. The Morgan fingerprint density at radius 3 is 2.71 bits per heavy atom. The van der Waals surface area contributed by atoms with E-state index in [1.165, 1.54) is 0 Å². The second-order valence-electron chi connectivity index (χ2n) is 3.84. The third-order valence-corrected chi connectivity index (χ3v) is 2.75. The first-order valence-electron chi connectivity index (χ1n) is 6.01. The summed E-state index contributed by atoms with van der Waals surface area (Å²) in [5.74, 6) is 0.883. The highest BCUT2D eigenvalue weighted by Gasteiger charge is 2.02. The minimum Gasteiger partial charge on any atom is -0.496 e.